The minimum absolute atomic E-state index is 0.0815. The van der Waals surface area contributed by atoms with Gasteiger partial charge in [0.1, 0.15) is 11.9 Å². The quantitative estimate of drug-likeness (QED) is 0.661. The molecule has 3 heterocycles. The number of aromatic amines is 1. The third-order valence-electron chi connectivity index (χ3n) is 6.01. The minimum Gasteiger partial charge on any atom is -0.358 e. The molecule has 1 aromatic heterocycles. The van der Waals surface area contributed by atoms with Crippen LogP contribution in [0.4, 0.5) is 0 Å². The molecule has 0 aliphatic carbocycles. The lowest BCUT2D eigenvalue weighted by Crippen LogP contribution is -2.44. The molecule has 1 amide bonds. The third kappa shape index (κ3) is 3.31. The second kappa shape index (κ2) is 7.23. The highest BCUT2D eigenvalue weighted by Gasteiger charge is 2.35. The number of amidine groups is 1. The first-order valence-corrected chi connectivity index (χ1v) is 11.9. The summed E-state index contributed by atoms with van der Waals surface area (Å²) in [6.45, 7) is 5.00. The molecule has 0 saturated heterocycles. The van der Waals surface area contributed by atoms with E-state index in [1.807, 2.05) is 36.9 Å². The standard InChI is InChI=1S/C23H24N4O3S/c1-14(2)21(25-22-16-8-4-6-10-20(16)31(29,30)26-22)23(28)27-12-11-19-17(13-27)15-7-3-5-9-18(15)24-19/h3-10,14,21,24H,11-13H2,1-2H3,(H,25,26). The zero-order valence-corrected chi connectivity index (χ0v) is 18.2. The SMILES string of the molecule is CC(C)C(N=C1NS(=O)(=O)c2ccccc21)C(=O)N1CCc2[nH]c3ccccc3c2C1. The lowest BCUT2D eigenvalue weighted by molar-refractivity contribution is -0.134. The van der Waals surface area contributed by atoms with Gasteiger partial charge in [0.15, 0.2) is 0 Å². The summed E-state index contributed by atoms with van der Waals surface area (Å²) in [5.41, 5.74) is 3.92. The zero-order valence-electron chi connectivity index (χ0n) is 17.4. The molecule has 0 spiro atoms. The first-order chi connectivity index (χ1) is 14.8. The lowest BCUT2D eigenvalue weighted by Gasteiger charge is -2.31. The number of H-pyrrole nitrogens is 1. The number of para-hydroxylation sites is 1. The summed E-state index contributed by atoms with van der Waals surface area (Å²) in [7, 11) is -3.64. The Labute approximate surface area is 181 Å². The van der Waals surface area contributed by atoms with Crippen LogP contribution in [-0.2, 0) is 27.8 Å². The van der Waals surface area contributed by atoms with Gasteiger partial charge in [0.2, 0.25) is 5.91 Å². The van der Waals surface area contributed by atoms with Crippen molar-refractivity contribution in [1.29, 1.82) is 0 Å². The molecule has 2 aliphatic heterocycles. The van der Waals surface area contributed by atoms with Crippen molar-refractivity contribution in [3.05, 3.63) is 65.4 Å². The van der Waals surface area contributed by atoms with Crippen molar-refractivity contribution >= 4 is 32.7 Å². The summed E-state index contributed by atoms with van der Waals surface area (Å²) in [4.78, 5) is 23.6. The largest absolute Gasteiger partial charge is 0.358 e. The van der Waals surface area contributed by atoms with Crippen molar-refractivity contribution in [2.45, 2.75) is 37.8 Å². The molecule has 0 saturated carbocycles. The average molecular weight is 437 g/mol. The Morgan fingerprint density at radius 1 is 1.10 bits per heavy atom. The van der Waals surface area contributed by atoms with Gasteiger partial charge in [0.05, 0.1) is 4.90 Å². The summed E-state index contributed by atoms with van der Waals surface area (Å²) in [5, 5.41) is 1.14. The van der Waals surface area contributed by atoms with E-state index >= 15 is 0 Å². The smallest absolute Gasteiger partial charge is 0.263 e. The molecule has 0 fully saturated rings. The van der Waals surface area contributed by atoms with Crippen LogP contribution in [0.3, 0.4) is 0 Å². The van der Waals surface area contributed by atoms with E-state index in [0.717, 1.165) is 22.9 Å². The predicted octanol–water partition coefficient (Wildman–Crippen LogP) is 2.82. The second-order valence-corrected chi connectivity index (χ2v) is 10.1. The first-order valence-electron chi connectivity index (χ1n) is 10.4. The maximum Gasteiger partial charge on any atom is 0.263 e. The van der Waals surface area contributed by atoms with Crippen LogP contribution in [-0.4, -0.2) is 42.6 Å². The van der Waals surface area contributed by atoms with Crippen LogP contribution in [0.5, 0.6) is 0 Å². The van der Waals surface area contributed by atoms with Crippen LogP contribution in [0, 0.1) is 5.92 Å². The highest BCUT2D eigenvalue weighted by atomic mass is 32.2. The Morgan fingerprint density at radius 3 is 2.65 bits per heavy atom. The van der Waals surface area contributed by atoms with E-state index in [-0.39, 0.29) is 22.6 Å². The number of fused-ring (bicyclic) bond motifs is 4. The normalized spacial score (nSPS) is 19.3. The van der Waals surface area contributed by atoms with Gasteiger partial charge in [-0.15, -0.1) is 0 Å². The molecule has 160 valence electrons. The van der Waals surface area contributed by atoms with Gasteiger partial charge in [-0.05, 0) is 24.1 Å². The molecule has 7 nitrogen and oxygen atoms in total. The van der Waals surface area contributed by atoms with Gasteiger partial charge in [0.25, 0.3) is 10.0 Å². The number of hydrogen-bond acceptors (Lipinski definition) is 4. The number of sulfonamides is 1. The van der Waals surface area contributed by atoms with Crippen molar-refractivity contribution in [3.8, 4) is 0 Å². The van der Waals surface area contributed by atoms with Gasteiger partial charge in [-0.25, -0.2) is 8.42 Å². The maximum atomic E-state index is 13.5. The molecular formula is C23H24N4O3S. The fourth-order valence-corrected chi connectivity index (χ4v) is 5.64. The summed E-state index contributed by atoms with van der Waals surface area (Å²) in [6.07, 6.45) is 0.757. The lowest BCUT2D eigenvalue weighted by atomic mass is 9.99. The number of carbonyl (C=O) groups is 1. The van der Waals surface area contributed by atoms with Crippen LogP contribution in [0.1, 0.15) is 30.7 Å². The number of nitrogens with zero attached hydrogens (tertiary/aromatic N) is 2. The van der Waals surface area contributed by atoms with E-state index in [0.29, 0.717) is 18.7 Å². The highest BCUT2D eigenvalue weighted by Crippen LogP contribution is 2.29. The molecular weight excluding hydrogens is 412 g/mol. The van der Waals surface area contributed by atoms with Gasteiger partial charge >= 0.3 is 0 Å². The van der Waals surface area contributed by atoms with Crippen molar-refractivity contribution in [3.63, 3.8) is 0 Å². The number of carbonyl (C=O) groups excluding carboxylic acids is 1. The van der Waals surface area contributed by atoms with Crippen molar-refractivity contribution in [2.24, 2.45) is 10.9 Å². The molecule has 2 aliphatic rings. The summed E-state index contributed by atoms with van der Waals surface area (Å²) in [6, 6.07) is 14.2. The van der Waals surface area contributed by atoms with Crippen molar-refractivity contribution in [2.75, 3.05) is 6.54 Å². The van der Waals surface area contributed by atoms with E-state index in [1.165, 1.54) is 5.69 Å². The molecule has 0 bridgehead atoms. The highest BCUT2D eigenvalue weighted by molar-refractivity contribution is 7.90. The fraction of sp³-hybridized carbons (Fsp3) is 0.304. The van der Waals surface area contributed by atoms with Gasteiger partial charge in [-0.1, -0.05) is 44.2 Å². The predicted molar refractivity (Wildman–Crippen MR) is 119 cm³/mol. The zero-order chi connectivity index (χ0) is 21.8. The third-order valence-corrected chi connectivity index (χ3v) is 7.41. The monoisotopic (exact) mass is 436 g/mol. The van der Waals surface area contributed by atoms with Crippen LogP contribution in [0.2, 0.25) is 0 Å². The molecule has 5 rings (SSSR count). The Hall–Kier alpha value is -3.13. The average Bonchev–Trinajstić information content (AvgIpc) is 3.25. The number of aromatic nitrogens is 1. The molecule has 1 atom stereocenters. The van der Waals surface area contributed by atoms with Crippen molar-refractivity contribution < 1.29 is 13.2 Å². The Bertz CT molecular complexity index is 1320. The minimum atomic E-state index is -3.64. The Balaban J connectivity index is 1.47. The van der Waals surface area contributed by atoms with Gasteiger partial charge in [-0.3, -0.25) is 14.5 Å². The van der Waals surface area contributed by atoms with E-state index < -0.39 is 16.1 Å². The number of nitrogens with one attached hydrogen (secondary N) is 2. The van der Waals surface area contributed by atoms with E-state index in [4.69, 9.17) is 0 Å². The number of rotatable bonds is 3. The number of amides is 1. The Kier molecular flexibility index (Phi) is 4.62. The topological polar surface area (TPSA) is 94.6 Å². The van der Waals surface area contributed by atoms with Crippen LogP contribution in [0.25, 0.3) is 10.9 Å². The van der Waals surface area contributed by atoms with Crippen LogP contribution < -0.4 is 4.72 Å². The van der Waals surface area contributed by atoms with Gasteiger partial charge < -0.3 is 9.88 Å². The van der Waals surface area contributed by atoms with Crippen LogP contribution in [0.15, 0.2) is 58.4 Å². The number of benzene rings is 2. The van der Waals surface area contributed by atoms with Gasteiger partial charge in [0, 0.05) is 47.2 Å². The maximum absolute atomic E-state index is 13.5. The second-order valence-electron chi connectivity index (χ2n) is 8.41. The van der Waals surface area contributed by atoms with E-state index in [9.17, 15) is 13.2 Å². The summed E-state index contributed by atoms with van der Waals surface area (Å²) in [5.74, 6) is 0.0797. The first kappa shape index (κ1) is 19.8. The van der Waals surface area contributed by atoms with E-state index in [1.54, 1.807) is 24.3 Å². The molecule has 8 heteroatoms. The summed E-state index contributed by atoms with van der Waals surface area (Å²) >= 11 is 0. The molecule has 3 aromatic rings. The number of aliphatic imine (C=N–C) groups is 1. The molecule has 1 unspecified atom stereocenters. The Morgan fingerprint density at radius 2 is 1.84 bits per heavy atom. The summed E-state index contributed by atoms with van der Waals surface area (Å²) < 4.78 is 27.4. The van der Waals surface area contributed by atoms with E-state index in [2.05, 4.69) is 20.8 Å². The fourth-order valence-electron chi connectivity index (χ4n) is 4.40. The number of hydrogen-bond donors (Lipinski definition) is 2. The van der Waals surface area contributed by atoms with Crippen LogP contribution >= 0.6 is 0 Å². The van der Waals surface area contributed by atoms with Gasteiger partial charge in [-0.2, -0.15) is 0 Å². The molecule has 2 N–H and O–H groups in total. The van der Waals surface area contributed by atoms with Crippen molar-refractivity contribution in [1.82, 2.24) is 14.6 Å². The molecule has 31 heavy (non-hydrogen) atoms. The molecule has 2 aromatic carbocycles. The molecule has 0 radical (unpaired) electrons.